The van der Waals surface area contributed by atoms with Gasteiger partial charge in [-0.25, -0.2) is 17.6 Å². The number of sulfonamides is 1. The first-order valence-electron chi connectivity index (χ1n) is 9.52. The van der Waals surface area contributed by atoms with Gasteiger partial charge in [-0.2, -0.15) is 0 Å². The van der Waals surface area contributed by atoms with Crippen molar-refractivity contribution in [2.75, 3.05) is 18.4 Å². The molecule has 0 heterocycles. The van der Waals surface area contributed by atoms with Gasteiger partial charge in [-0.15, -0.1) is 0 Å². The third-order valence-electron chi connectivity index (χ3n) is 4.53. The van der Waals surface area contributed by atoms with Gasteiger partial charge < -0.3 is 9.47 Å². The molecular weight excluding hydrogens is 471 g/mol. The number of anilines is 1. The second-order valence-corrected chi connectivity index (χ2v) is 8.43. The average Bonchev–Trinajstić information content (AvgIpc) is 2.82. The molecule has 34 heavy (non-hydrogen) atoms. The summed E-state index contributed by atoms with van der Waals surface area (Å²) in [7, 11) is -3.01. The minimum absolute atomic E-state index is 0.0903. The Morgan fingerprint density at radius 1 is 1.03 bits per heavy atom. The van der Waals surface area contributed by atoms with E-state index in [0.29, 0.717) is 0 Å². The van der Waals surface area contributed by atoms with Crippen LogP contribution in [0.2, 0.25) is 0 Å². The molecule has 0 saturated carbocycles. The first kappa shape index (κ1) is 24.3. The SMILES string of the molecule is COc1ccc(F)cc1C(=O)COC(=O)c1ccccc1NS(=O)(=O)c1cccc([N+](=O)[O-])c1. The zero-order valence-electron chi connectivity index (χ0n) is 17.6. The highest BCUT2D eigenvalue weighted by molar-refractivity contribution is 7.92. The first-order chi connectivity index (χ1) is 16.1. The first-order valence-corrected chi connectivity index (χ1v) is 11.0. The van der Waals surface area contributed by atoms with E-state index in [0.717, 1.165) is 30.3 Å². The van der Waals surface area contributed by atoms with Gasteiger partial charge in [0.2, 0.25) is 5.78 Å². The Balaban J connectivity index is 1.79. The summed E-state index contributed by atoms with van der Waals surface area (Å²) in [5, 5.41) is 10.9. The van der Waals surface area contributed by atoms with Crippen LogP contribution in [0.25, 0.3) is 0 Å². The molecule has 0 aliphatic carbocycles. The van der Waals surface area contributed by atoms with Crippen LogP contribution in [0.5, 0.6) is 5.75 Å². The fourth-order valence-electron chi connectivity index (χ4n) is 2.90. The Labute approximate surface area is 193 Å². The predicted molar refractivity (Wildman–Crippen MR) is 118 cm³/mol. The molecule has 0 amide bonds. The van der Waals surface area contributed by atoms with Crippen LogP contribution in [0.3, 0.4) is 0 Å². The summed E-state index contributed by atoms with van der Waals surface area (Å²) in [6.45, 7) is -0.759. The number of nitro groups is 1. The van der Waals surface area contributed by atoms with Crippen molar-refractivity contribution in [2.24, 2.45) is 0 Å². The molecule has 0 spiro atoms. The summed E-state index contributed by atoms with van der Waals surface area (Å²) < 4.78 is 51.1. The van der Waals surface area contributed by atoms with E-state index < -0.39 is 49.7 Å². The van der Waals surface area contributed by atoms with Crippen LogP contribution in [-0.2, 0) is 14.8 Å². The number of carbonyl (C=O) groups is 2. The van der Waals surface area contributed by atoms with Gasteiger partial charge in [-0.05, 0) is 36.4 Å². The van der Waals surface area contributed by atoms with E-state index in [1.165, 1.54) is 43.5 Å². The van der Waals surface area contributed by atoms with Gasteiger partial charge in [0.05, 0.1) is 33.7 Å². The Hall–Kier alpha value is -4.32. The summed E-state index contributed by atoms with van der Waals surface area (Å²) in [5.74, 6) is -2.36. The van der Waals surface area contributed by atoms with Crippen molar-refractivity contribution in [3.63, 3.8) is 0 Å². The standard InChI is InChI=1S/C22H17FN2O8S/c1-32-21-10-9-14(23)11-18(21)20(26)13-33-22(27)17-7-2-3-8-19(17)24-34(30,31)16-6-4-5-15(12-16)25(28)29/h2-12,24H,13H2,1H3. The van der Waals surface area contributed by atoms with Crippen LogP contribution in [-0.4, -0.2) is 38.8 Å². The van der Waals surface area contributed by atoms with Gasteiger partial charge in [0, 0.05) is 12.1 Å². The smallest absolute Gasteiger partial charge is 0.340 e. The number of ether oxygens (including phenoxy) is 2. The molecule has 0 bridgehead atoms. The molecule has 0 atom stereocenters. The number of methoxy groups -OCH3 is 1. The van der Waals surface area contributed by atoms with Crippen LogP contribution in [0.4, 0.5) is 15.8 Å². The highest BCUT2D eigenvalue weighted by atomic mass is 32.2. The number of rotatable bonds is 9. The van der Waals surface area contributed by atoms with E-state index >= 15 is 0 Å². The molecule has 176 valence electrons. The molecule has 10 nitrogen and oxygen atoms in total. The topological polar surface area (TPSA) is 142 Å². The number of ketones is 1. The molecule has 0 unspecified atom stereocenters. The molecule has 0 aromatic heterocycles. The van der Waals surface area contributed by atoms with Crippen molar-refractivity contribution < 1.29 is 36.8 Å². The van der Waals surface area contributed by atoms with E-state index in [4.69, 9.17) is 9.47 Å². The predicted octanol–water partition coefficient (Wildman–Crippen LogP) is 3.58. The number of non-ortho nitro benzene ring substituents is 1. The van der Waals surface area contributed by atoms with Crippen LogP contribution in [0, 0.1) is 15.9 Å². The number of para-hydroxylation sites is 1. The third kappa shape index (κ3) is 5.53. The highest BCUT2D eigenvalue weighted by Crippen LogP contribution is 2.24. The number of nitro benzene ring substituents is 1. The van der Waals surface area contributed by atoms with Crippen LogP contribution >= 0.6 is 0 Å². The zero-order chi connectivity index (χ0) is 24.9. The lowest BCUT2D eigenvalue weighted by Gasteiger charge is -2.13. The lowest BCUT2D eigenvalue weighted by molar-refractivity contribution is -0.385. The second kappa shape index (κ2) is 10.1. The fourth-order valence-corrected chi connectivity index (χ4v) is 4.02. The molecular formula is C22H17FN2O8S. The Bertz CT molecular complexity index is 1370. The van der Waals surface area contributed by atoms with Crippen molar-refractivity contribution in [2.45, 2.75) is 4.90 Å². The van der Waals surface area contributed by atoms with Crippen LogP contribution in [0.15, 0.2) is 71.6 Å². The van der Waals surface area contributed by atoms with Crippen molar-refractivity contribution in [1.29, 1.82) is 0 Å². The van der Waals surface area contributed by atoms with E-state index in [-0.39, 0.29) is 22.6 Å². The van der Waals surface area contributed by atoms with Gasteiger partial charge >= 0.3 is 5.97 Å². The molecule has 0 radical (unpaired) electrons. The minimum atomic E-state index is -4.30. The summed E-state index contributed by atoms with van der Waals surface area (Å²) in [6.07, 6.45) is 0. The number of hydrogen-bond donors (Lipinski definition) is 1. The summed E-state index contributed by atoms with van der Waals surface area (Å²) in [6, 6.07) is 13.1. The molecule has 1 N–H and O–H groups in total. The molecule has 3 rings (SSSR count). The molecule has 0 saturated heterocycles. The van der Waals surface area contributed by atoms with Crippen LogP contribution in [0.1, 0.15) is 20.7 Å². The molecule has 0 aliphatic rings. The maximum Gasteiger partial charge on any atom is 0.340 e. The number of nitrogens with zero attached hydrogens (tertiary/aromatic N) is 1. The monoisotopic (exact) mass is 488 g/mol. The lowest BCUT2D eigenvalue weighted by Crippen LogP contribution is -2.19. The van der Waals surface area contributed by atoms with Crippen molar-refractivity contribution >= 4 is 33.2 Å². The normalized spacial score (nSPS) is 10.9. The summed E-state index contributed by atoms with van der Waals surface area (Å²) >= 11 is 0. The number of Topliss-reactive ketones (excluding diaryl/α,β-unsaturated/α-hetero) is 1. The van der Waals surface area contributed by atoms with Crippen molar-refractivity contribution in [1.82, 2.24) is 0 Å². The fraction of sp³-hybridized carbons (Fsp3) is 0.0909. The van der Waals surface area contributed by atoms with E-state index in [9.17, 15) is 32.5 Å². The maximum absolute atomic E-state index is 13.5. The van der Waals surface area contributed by atoms with E-state index in [2.05, 4.69) is 4.72 Å². The Kier molecular flexibility index (Phi) is 7.21. The highest BCUT2D eigenvalue weighted by Gasteiger charge is 2.22. The molecule has 3 aromatic carbocycles. The molecule has 12 heteroatoms. The number of esters is 1. The van der Waals surface area contributed by atoms with Crippen molar-refractivity contribution in [3.05, 3.63) is 93.8 Å². The van der Waals surface area contributed by atoms with Crippen LogP contribution < -0.4 is 9.46 Å². The van der Waals surface area contributed by atoms with Gasteiger partial charge in [-0.1, -0.05) is 18.2 Å². The number of halogens is 1. The van der Waals surface area contributed by atoms with Gasteiger partial charge in [0.1, 0.15) is 11.6 Å². The van der Waals surface area contributed by atoms with Gasteiger partial charge in [-0.3, -0.25) is 19.6 Å². The maximum atomic E-state index is 13.5. The average molecular weight is 488 g/mol. The van der Waals surface area contributed by atoms with Gasteiger partial charge in [0.15, 0.2) is 6.61 Å². The summed E-state index contributed by atoms with van der Waals surface area (Å²) in [4.78, 5) is 34.8. The molecule has 0 aliphatic heterocycles. The largest absolute Gasteiger partial charge is 0.496 e. The second-order valence-electron chi connectivity index (χ2n) is 6.75. The van der Waals surface area contributed by atoms with E-state index in [1.807, 2.05) is 0 Å². The van der Waals surface area contributed by atoms with Gasteiger partial charge in [0.25, 0.3) is 15.7 Å². The number of carbonyl (C=O) groups excluding carboxylic acids is 2. The number of hydrogen-bond acceptors (Lipinski definition) is 8. The Morgan fingerprint density at radius 3 is 2.47 bits per heavy atom. The summed E-state index contributed by atoms with van der Waals surface area (Å²) in [5.41, 5.74) is -0.942. The quantitative estimate of drug-likeness (QED) is 0.208. The molecule has 0 fully saturated rings. The van der Waals surface area contributed by atoms with E-state index in [1.54, 1.807) is 0 Å². The molecule has 3 aromatic rings. The lowest BCUT2D eigenvalue weighted by atomic mass is 10.1. The minimum Gasteiger partial charge on any atom is -0.496 e. The third-order valence-corrected chi connectivity index (χ3v) is 5.89. The number of benzene rings is 3. The van der Waals surface area contributed by atoms with Crippen molar-refractivity contribution in [3.8, 4) is 5.75 Å². The zero-order valence-corrected chi connectivity index (χ0v) is 18.4. The Morgan fingerprint density at radius 2 is 1.76 bits per heavy atom. The number of nitrogens with one attached hydrogen (secondary N) is 1.